The summed E-state index contributed by atoms with van der Waals surface area (Å²) in [7, 11) is -4.42. The minimum Gasteiger partial charge on any atom is -0.224 e. The Morgan fingerprint density at radius 1 is 1.36 bits per heavy atom. The summed E-state index contributed by atoms with van der Waals surface area (Å²) in [6.07, 6.45) is -4.77. The number of hydrogen-bond acceptors (Lipinski definition) is 2. The van der Waals surface area contributed by atoms with Crippen molar-refractivity contribution in [2.45, 2.75) is 11.1 Å². The van der Waals surface area contributed by atoms with Gasteiger partial charge in [-0.2, -0.15) is 13.2 Å². The fourth-order valence-corrected chi connectivity index (χ4v) is 1.51. The van der Waals surface area contributed by atoms with E-state index in [2.05, 4.69) is 11.2 Å². The summed E-state index contributed by atoms with van der Waals surface area (Å²) in [5, 5.41) is 4.58. The van der Waals surface area contributed by atoms with E-state index in [0.717, 1.165) is 6.07 Å². The molecule has 0 aromatic heterocycles. The molecule has 7 heteroatoms. The maximum Gasteiger partial charge on any atom is 0.418 e. The monoisotopic (exact) mass is 223 g/mol. The van der Waals surface area contributed by atoms with Crippen LogP contribution < -0.4 is 5.14 Å². The second-order valence-electron chi connectivity index (χ2n) is 2.39. The maximum absolute atomic E-state index is 12.2. The predicted octanol–water partition coefficient (Wildman–Crippen LogP) is 0.953. The van der Waals surface area contributed by atoms with Crippen molar-refractivity contribution in [3.8, 4) is 0 Å². The van der Waals surface area contributed by atoms with E-state index < -0.39 is 26.7 Å². The van der Waals surface area contributed by atoms with Crippen LogP contribution in [-0.4, -0.2) is 8.42 Å². The lowest BCUT2D eigenvalue weighted by atomic mass is 10.2. The molecule has 0 aliphatic rings. The molecule has 0 aliphatic heterocycles. The zero-order valence-electron chi connectivity index (χ0n) is 6.59. The van der Waals surface area contributed by atoms with E-state index in [9.17, 15) is 21.6 Å². The molecule has 0 heterocycles. The van der Waals surface area contributed by atoms with E-state index in [1.165, 1.54) is 0 Å². The van der Waals surface area contributed by atoms with Crippen molar-refractivity contribution in [3.63, 3.8) is 0 Å². The number of hydrogen-bond donors (Lipinski definition) is 1. The number of rotatable bonds is 1. The first-order chi connectivity index (χ1) is 6.23. The van der Waals surface area contributed by atoms with Gasteiger partial charge in [-0.1, -0.05) is 6.07 Å². The van der Waals surface area contributed by atoms with Crippen LogP contribution in [0.25, 0.3) is 0 Å². The molecule has 0 unspecified atom stereocenters. The highest BCUT2D eigenvalue weighted by Gasteiger charge is 2.36. The summed E-state index contributed by atoms with van der Waals surface area (Å²) in [6.45, 7) is 0. The average Bonchev–Trinajstić information content (AvgIpc) is 2.01. The second kappa shape index (κ2) is 3.15. The molecule has 0 saturated heterocycles. The number of halogens is 3. The molecule has 1 rings (SSSR count). The Morgan fingerprint density at radius 2 is 1.93 bits per heavy atom. The number of nitrogens with two attached hydrogens (primary N) is 1. The molecule has 0 atom stereocenters. The van der Waals surface area contributed by atoms with Gasteiger partial charge >= 0.3 is 6.18 Å². The summed E-state index contributed by atoms with van der Waals surface area (Å²) < 4.78 is 58.1. The van der Waals surface area contributed by atoms with Crippen LogP contribution in [0, 0.1) is 12.1 Å². The Kier molecular flexibility index (Phi) is 2.43. The molecule has 0 aliphatic carbocycles. The maximum atomic E-state index is 12.2. The minimum absolute atomic E-state index is 0.580. The van der Waals surface area contributed by atoms with E-state index in [-0.39, 0.29) is 0 Å². The molecule has 0 spiro atoms. The molecule has 0 amide bonds. The molecule has 76 valence electrons. The Labute approximate surface area is 78.4 Å². The van der Waals surface area contributed by atoms with Gasteiger partial charge in [-0.15, -0.1) is 0 Å². The van der Waals surface area contributed by atoms with Crippen molar-refractivity contribution in [3.05, 3.63) is 29.8 Å². The molecule has 1 aromatic carbocycles. The van der Waals surface area contributed by atoms with Gasteiger partial charge in [0.25, 0.3) is 0 Å². The molecule has 3 nitrogen and oxygen atoms in total. The summed E-state index contributed by atoms with van der Waals surface area (Å²) in [4.78, 5) is -1.09. The van der Waals surface area contributed by atoms with Crippen molar-refractivity contribution < 1.29 is 21.6 Å². The third kappa shape index (κ3) is 2.16. The normalized spacial score (nSPS) is 12.3. The van der Waals surface area contributed by atoms with Crippen molar-refractivity contribution in [2.75, 3.05) is 0 Å². The molecule has 0 radical (unpaired) electrons. The van der Waals surface area contributed by atoms with Gasteiger partial charge in [-0.25, -0.2) is 13.6 Å². The lowest BCUT2D eigenvalue weighted by Gasteiger charge is -2.07. The van der Waals surface area contributed by atoms with Crippen LogP contribution in [0.2, 0.25) is 0 Å². The van der Waals surface area contributed by atoms with Gasteiger partial charge in [0.15, 0.2) is 0 Å². The lowest BCUT2D eigenvalue weighted by Crippen LogP contribution is -2.18. The van der Waals surface area contributed by atoms with Crippen LogP contribution in [0.4, 0.5) is 13.2 Å². The van der Waals surface area contributed by atoms with Crippen molar-refractivity contribution in [2.24, 2.45) is 5.14 Å². The Hall–Kier alpha value is -1.26. The standard InChI is InChI=1S/C7H4F3NO2S/c8-7(9,10)5-3-1-2-4-6(5)14(11,12)13/h1,3H,(H2,11,12,13). The SMILES string of the molecule is NS(=O)(=O)c1c#cccc1C(F)(F)F. The first kappa shape index (κ1) is 10.8. The van der Waals surface area contributed by atoms with Gasteiger partial charge in [-0.05, 0) is 18.2 Å². The van der Waals surface area contributed by atoms with E-state index in [4.69, 9.17) is 0 Å². The zero-order chi connectivity index (χ0) is 11.0. The Morgan fingerprint density at radius 3 is 2.29 bits per heavy atom. The molecule has 0 saturated carbocycles. The topological polar surface area (TPSA) is 60.2 Å². The lowest BCUT2D eigenvalue weighted by molar-refractivity contribution is -0.139. The van der Waals surface area contributed by atoms with Crippen LogP contribution in [0.1, 0.15) is 5.56 Å². The Bertz CT molecular complexity index is 438. The fourth-order valence-electron chi connectivity index (χ4n) is 0.823. The highest BCUT2D eigenvalue weighted by Crippen LogP contribution is 2.32. The molecule has 14 heavy (non-hydrogen) atoms. The van der Waals surface area contributed by atoms with E-state index in [0.29, 0.717) is 6.07 Å². The highest BCUT2D eigenvalue weighted by atomic mass is 32.2. The molecular formula is C7H4F3NO2S. The van der Waals surface area contributed by atoms with Gasteiger partial charge < -0.3 is 0 Å². The summed E-state index contributed by atoms with van der Waals surface area (Å²) in [5.41, 5.74) is -1.33. The number of alkyl halides is 3. The van der Waals surface area contributed by atoms with Gasteiger partial charge in [-0.3, -0.25) is 0 Å². The first-order valence-corrected chi connectivity index (χ1v) is 4.80. The molecule has 0 fully saturated rings. The van der Waals surface area contributed by atoms with E-state index in [1.54, 1.807) is 0 Å². The van der Waals surface area contributed by atoms with Crippen molar-refractivity contribution in [1.29, 1.82) is 0 Å². The van der Waals surface area contributed by atoms with Crippen molar-refractivity contribution >= 4 is 10.0 Å². The molecule has 0 bridgehead atoms. The minimum atomic E-state index is -4.77. The summed E-state index contributed by atoms with van der Waals surface area (Å²) >= 11 is 0. The molecular weight excluding hydrogens is 219 g/mol. The van der Waals surface area contributed by atoms with Crippen LogP contribution in [-0.2, 0) is 16.2 Å². The predicted molar refractivity (Wildman–Crippen MR) is 40.5 cm³/mol. The van der Waals surface area contributed by atoms with E-state index >= 15 is 0 Å². The van der Waals surface area contributed by atoms with Gasteiger partial charge in [0.2, 0.25) is 10.0 Å². The second-order valence-corrected chi connectivity index (χ2v) is 3.89. The quantitative estimate of drug-likeness (QED) is 0.770. The van der Waals surface area contributed by atoms with Crippen molar-refractivity contribution in [1.82, 2.24) is 0 Å². The van der Waals surface area contributed by atoms with E-state index in [1.807, 2.05) is 6.07 Å². The third-order valence-corrected chi connectivity index (χ3v) is 2.24. The van der Waals surface area contributed by atoms with Gasteiger partial charge in [0.1, 0.15) is 4.90 Å². The third-order valence-electron chi connectivity index (χ3n) is 1.35. The highest BCUT2D eigenvalue weighted by molar-refractivity contribution is 7.89. The number of sulfonamides is 1. The number of primary sulfonamides is 1. The van der Waals surface area contributed by atoms with Crippen LogP contribution in [0.3, 0.4) is 0 Å². The van der Waals surface area contributed by atoms with Gasteiger partial charge in [0.05, 0.1) is 5.56 Å². The zero-order valence-corrected chi connectivity index (χ0v) is 7.41. The largest absolute Gasteiger partial charge is 0.418 e. The molecule has 2 N–H and O–H groups in total. The average molecular weight is 223 g/mol. The smallest absolute Gasteiger partial charge is 0.224 e. The Balaban J connectivity index is 3.47. The first-order valence-electron chi connectivity index (χ1n) is 3.25. The fraction of sp³-hybridized carbons (Fsp3) is 0.143. The summed E-state index contributed by atoms with van der Waals surface area (Å²) in [6, 6.07) is 5.42. The van der Waals surface area contributed by atoms with Crippen LogP contribution >= 0.6 is 0 Å². The van der Waals surface area contributed by atoms with Crippen LogP contribution in [0.15, 0.2) is 17.0 Å². The summed E-state index contributed by atoms with van der Waals surface area (Å²) in [5.74, 6) is 0. The van der Waals surface area contributed by atoms with Gasteiger partial charge in [0, 0.05) is 0 Å². The molecule has 1 aromatic rings. The van der Waals surface area contributed by atoms with Crippen LogP contribution in [0.5, 0.6) is 0 Å².